The Hall–Kier alpha value is -1.78. The van der Waals surface area contributed by atoms with Gasteiger partial charge in [-0.25, -0.2) is 0 Å². The van der Waals surface area contributed by atoms with Crippen molar-refractivity contribution < 1.29 is 4.74 Å². The standard InChI is InChI=1S/C10H14N4O/c1-7-5-14(6-12-7)10-8(11)3-4-9(13-10)15-2/h3-4,6-7H,5,11H2,1-2H3. The van der Waals surface area contributed by atoms with Crippen LogP contribution >= 0.6 is 0 Å². The third-order valence-electron chi connectivity index (χ3n) is 2.28. The first kappa shape index (κ1) is 9.76. The van der Waals surface area contributed by atoms with Gasteiger partial charge in [0.25, 0.3) is 0 Å². The van der Waals surface area contributed by atoms with Gasteiger partial charge >= 0.3 is 0 Å². The Bertz CT molecular complexity index is 391. The first-order valence-electron chi connectivity index (χ1n) is 4.81. The number of nitrogens with two attached hydrogens (primary N) is 1. The second-order valence-corrected chi connectivity index (χ2v) is 3.53. The van der Waals surface area contributed by atoms with E-state index in [0.717, 1.165) is 6.54 Å². The molecule has 1 unspecified atom stereocenters. The molecular formula is C10H14N4O. The van der Waals surface area contributed by atoms with Crippen LogP contribution in [0.3, 0.4) is 0 Å². The van der Waals surface area contributed by atoms with E-state index in [1.165, 1.54) is 0 Å². The Morgan fingerprint density at radius 1 is 1.53 bits per heavy atom. The third kappa shape index (κ3) is 1.86. The van der Waals surface area contributed by atoms with E-state index in [1.807, 2.05) is 11.8 Å². The van der Waals surface area contributed by atoms with Crippen LogP contribution in [0.4, 0.5) is 11.5 Å². The molecule has 1 aromatic rings. The second kappa shape index (κ2) is 3.76. The summed E-state index contributed by atoms with van der Waals surface area (Å²) < 4.78 is 5.06. The van der Waals surface area contributed by atoms with E-state index in [-0.39, 0.29) is 6.04 Å². The molecule has 0 saturated carbocycles. The molecule has 2 N–H and O–H groups in total. The molecule has 5 nitrogen and oxygen atoms in total. The number of hydrogen-bond donors (Lipinski definition) is 1. The summed E-state index contributed by atoms with van der Waals surface area (Å²) in [7, 11) is 1.59. The van der Waals surface area contributed by atoms with E-state index < -0.39 is 0 Å². The van der Waals surface area contributed by atoms with Gasteiger partial charge in [-0.15, -0.1) is 0 Å². The van der Waals surface area contributed by atoms with Gasteiger partial charge in [0.05, 0.1) is 25.2 Å². The molecule has 15 heavy (non-hydrogen) atoms. The number of anilines is 2. The average Bonchev–Trinajstić information content (AvgIpc) is 2.65. The maximum atomic E-state index is 5.85. The van der Waals surface area contributed by atoms with Crippen LogP contribution in [0.2, 0.25) is 0 Å². The maximum absolute atomic E-state index is 5.85. The predicted molar refractivity (Wildman–Crippen MR) is 60.5 cm³/mol. The summed E-state index contributed by atoms with van der Waals surface area (Å²) >= 11 is 0. The SMILES string of the molecule is COc1ccc(N)c(N2C=NC(C)C2)n1. The van der Waals surface area contributed by atoms with Gasteiger partial charge in [-0.2, -0.15) is 4.98 Å². The van der Waals surface area contributed by atoms with Gasteiger partial charge in [-0.3, -0.25) is 4.99 Å². The normalized spacial score (nSPS) is 19.6. The van der Waals surface area contributed by atoms with Crippen LogP contribution < -0.4 is 15.4 Å². The molecule has 80 valence electrons. The fourth-order valence-corrected chi connectivity index (χ4v) is 1.50. The molecule has 0 amide bonds. The van der Waals surface area contributed by atoms with Gasteiger partial charge in [0, 0.05) is 12.6 Å². The zero-order valence-corrected chi connectivity index (χ0v) is 8.84. The lowest BCUT2D eigenvalue weighted by Gasteiger charge is -2.16. The highest BCUT2D eigenvalue weighted by Gasteiger charge is 2.18. The van der Waals surface area contributed by atoms with E-state index in [0.29, 0.717) is 17.4 Å². The molecule has 5 heteroatoms. The van der Waals surface area contributed by atoms with Crippen molar-refractivity contribution in [3.05, 3.63) is 12.1 Å². The molecule has 0 bridgehead atoms. The van der Waals surface area contributed by atoms with Crippen LogP contribution in [-0.2, 0) is 0 Å². The lowest BCUT2D eigenvalue weighted by molar-refractivity contribution is 0.398. The minimum Gasteiger partial charge on any atom is -0.481 e. The maximum Gasteiger partial charge on any atom is 0.215 e. The van der Waals surface area contributed by atoms with Gasteiger partial charge in [0.1, 0.15) is 0 Å². The van der Waals surface area contributed by atoms with E-state index in [2.05, 4.69) is 9.98 Å². The summed E-state index contributed by atoms with van der Waals surface area (Å²) in [4.78, 5) is 10.5. The Labute approximate surface area is 88.6 Å². The van der Waals surface area contributed by atoms with Crippen molar-refractivity contribution in [3.63, 3.8) is 0 Å². The monoisotopic (exact) mass is 206 g/mol. The fourth-order valence-electron chi connectivity index (χ4n) is 1.50. The third-order valence-corrected chi connectivity index (χ3v) is 2.28. The molecule has 0 aliphatic carbocycles. The molecule has 2 heterocycles. The van der Waals surface area contributed by atoms with Crippen molar-refractivity contribution in [2.75, 3.05) is 24.3 Å². The topological polar surface area (TPSA) is 63.7 Å². The van der Waals surface area contributed by atoms with Gasteiger partial charge in [-0.05, 0) is 13.0 Å². The first-order chi connectivity index (χ1) is 7.20. The van der Waals surface area contributed by atoms with Gasteiger partial charge in [-0.1, -0.05) is 0 Å². The first-order valence-corrected chi connectivity index (χ1v) is 4.81. The summed E-state index contributed by atoms with van der Waals surface area (Å²) in [6.07, 6.45) is 1.77. The Kier molecular flexibility index (Phi) is 2.45. The number of aliphatic imine (C=N–C) groups is 1. The summed E-state index contributed by atoms with van der Waals surface area (Å²) in [5.74, 6) is 1.27. The van der Waals surface area contributed by atoms with Crippen molar-refractivity contribution in [1.82, 2.24) is 4.98 Å². The highest BCUT2D eigenvalue weighted by Crippen LogP contribution is 2.24. The summed E-state index contributed by atoms with van der Waals surface area (Å²) in [5.41, 5.74) is 6.48. The van der Waals surface area contributed by atoms with Crippen molar-refractivity contribution in [2.45, 2.75) is 13.0 Å². The van der Waals surface area contributed by atoms with Crippen LogP contribution in [-0.4, -0.2) is 31.0 Å². The number of rotatable bonds is 2. The molecule has 1 aromatic heterocycles. The Morgan fingerprint density at radius 2 is 2.33 bits per heavy atom. The highest BCUT2D eigenvalue weighted by molar-refractivity contribution is 5.84. The van der Waals surface area contributed by atoms with Gasteiger partial charge < -0.3 is 15.4 Å². The van der Waals surface area contributed by atoms with Crippen molar-refractivity contribution in [3.8, 4) is 5.88 Å². The second-order valence-electron chi connectivity index (χ2n) is 3.53. The smallest absolute Gasteiger partial charge is 0.215 e. The number of ether oxygens (including phenoxy) is 1. The van der Waals surface area contributed by atoms with Crippen LogP contribution in [0.15, 0.2) is 17.1 Å². The van der Waals surface area contributed by atoms with Crippen molar-refractivity contribution in [2.24, 2.45) is 4.99 Å². The molecular weight excluding hydrogens is 192 g/mol. The molecule has 0 aromatic carbocycles. The van der Waals surface area contributed by atoms with Crippen LogP contribution in [0.5, 0.6) is 5.88 Å². The van der Waals surface area contributed by atoms with E-state index in [4.69, 9.17) is 10.5 Å². The molecule has 0 saturated heterocycles. The van der Waals surface area contributed by atoms with Crippen molar-refractivity contribution in [1.29, 1.82) is 0 Å². The number of methoxy groups -OCH3 is 1. The van der Waals surface area contributed by atoms with E-state index >= 15 is 0 Å². The zero-order valence-electron chi connectivity index (χ0n) is 8.84. The van der Waals surface area contributed by atoms with E-state index in [9.17, 15) is 0 Å². The quantitative estimate of drug-likeness (QED) is 0.781. The Morgan fingerprint density at radius 3 is 2.93 bits per heavy atom. The Balaban J connectivity index is 2.31. The molecule has 1 atom stereocenters. The van der Waals surface area contributed by atoms with E-state index in [1.54, 1.807) is 25.6 Å². The van der Waals surface area contributed by atoms with Crippen LogP contribution in [0.25, 0.3) is 0 Å². The number of pyridine rings is 1. The molecule has 0 fully saturated rings. The minimum atomic E-state index is 0.289. The van der Waals surface area contributed by atoms with Crippen LogP contribution in [0, 0.1) is 0 Å². The molecule has 1 aliphatic heterocycles. The molecule has 2 rings (SSSR count). The number of nitrogens with zero attached hydrogens (tertiary/aromatic N) is 3. The highest BCUT2D eigenvalue weighted by atomic mass is 16.5. The summed E-state index contributed by atoms with van der Waals surface area (Å²) in [6, 6.07) is 3.82. The summed E-state index contributed by atoms with van der Waals surface area (Å²) in [6.45, 7) is 2.86. The lowest BCUT2D eigenvalue weighted by Crippen LogP contribution is -2.23. The summed E-state index contributed by atoms with van der Waals surface area (Å²) in [5, 5.41) is 0. The van der Waals surface area contributed by atoms with Gasteiger partial charge in [0.15, 0.2) is 5.82 Å². The lowest BCUT2D eigenvalue weighted by atomic mass is 10.3. The predicted octanol–water partition coefficient (Wildman–Crippen LogP) is 0.909. The molecule has 0 radical (unpaired) electrons. The largest absolute Gasteiger partial charge is 0.481 e. The fraction of sp³-hybridized carbons (Fsp3) is 0.400. The zero-order chi connectivity index (χ0) is 10.8. The minimum absolute atomic E-state index is 0.289. The van der Waals surface area contributed by atoms with Crippen LogP contribution in [0.1, 0.15) is 6.92 Å². The van der Waals surface area contributed by atoms with Gasteiger partial charge in [0.2, 0.25) is 5.88 Å². The number of nitrogen functional groups attached to an aromatic ring is 1. The molecule has 1 aliphatic rings. The average molecular weight is 206 g/mol. The number of aromatic nitrogens is 1. The van der Waals surface area contributed by atoms with Crippen molar-refractivity contribution >= 4 is 17.8 Å². The number of hydrogen-bond acceptors (Lipinski definition) is 5. The molecule has 0 spiro atoms.